The first-order valence-corrected chi connectivity index (χ1v) is 5.58. The second-order valence-corrected chi connectivity index (χ2v) is 4.19. The molecule has 0 aliphatic carbocycles. The van der Waals surface area contributed by atoms with Crippen molar-refractivity contribution in [3.8, 4) is 5.75 Å². The summed E-state index contributed by atoms with van der Waals surface area (Å²) in [7, 11) is 0. The number of nitrogens with zero attached hydrogens (tertiary/aromatic N) is 1. The van der Waals surface area contributed by atoms with Gasteiger partial charge >= 0.3 is 0 Å². The zero-order valence-electron chi connectivity index (χ0n) is 9.82. The average Bonchev–Trinajstić information content (AvgIpc) is 2.34. The first-order valence-electron chi connectivity index (χ1n) is 5.58. The van der Waals surface area contributed by atoms with Gasteiger partial charge in [0.1, 0.15) is 11.4 Å². The molecule has 1 unspecified atom stereocenters. The predicted molar refractivity (Wildman–Crippen MR) is 59.3 cm³/mol. The lowest BCUT2D eigenvalue weighted by Gasteiger charge is -2.31. The summed E-state index contributed by atoms with van der Waals surface area (Å²) in [4.78, 5) is 13.3. The molecular weight excluding hydrogens is 244 g/mol. The number of phenols is 1. The molecule has 0 spiro atoms. The SMILES string of the molecule is CC1CN(C(=O)c2c(F)ccc(O)c2F)CCO1. The van der Waals surface area contributed by atoms with Crippen LogP contribution in [-0.4, -0.2) is 41.7 Å². The number of morpholine rings is 1. The van der Waals surface area contributed by atoms with Crippen LogP contribution in [0, 0.1) is 11.6 Å². The third kappa shape index (κ3) is 2.28. The van der Waals surface area contributed by atoms with Crippen LogP contribution in [0.4, 0.5) is 8.78 Å². The Morgan fingerprint density at radius 1 is 1.50 bits per heavy atom. The van der Waals surface area contributed by atoms with Gasteiger partial charge in [-0.25, -0.2) is 8.78 Å². The third-order valence-electron chi connectivity index (χ3n) is 2.81. The number of phenolic OH excluding ortho intramolecular Hbond substituents is 1. The van der Waals surface area contributed by atoms with E-state index in [4.69, 9.17) is 4.74 Å². The zero-order chi connectivity index (χ0) is 13.3. The van der Waals surface area contributed by atoms with Crippen molar-refractivity contribution in [3.63, 3.8) is 0 Å². The molecule has 1 N–H and O–H groups in total. The van der Waals surface area contributed by atoms with Crippen molar-refractivity contribution in [2.24, 2.45) is 0 Å². The molecule has 98 valence electrons. The summed E-state index contributed by atoms with van der Waals surface area (Å²) in [6.45, 7) is 2.65. The van der Waals surface area contributed by atoms with Crippen LogP contribution in [0.3, 0.4) is 0 Å². The maximum Gasteiger partial charge on any atom is 0.260 e. The summed E-state index contributed by atoms with van der Waals surface area (Å²) < 4.78 is 32.3. The molecule has 1 aliphatic rings. The topological polar surface area (TPSA) is 49.8 Å². The van der Waals surface area contributed by atoms with Crippen molar-refractivity contribution in [1.82, 2.24) is 4.90 Å². The molecule has 4 nitrogen and oxygen atoms in total. The fourth-order valence-electron chi connectivity index (χ4n) is 1.90. The normalized spacial score (nSPS) is 19.9. The van der Waals surface area contributed by atoms with Crippen molar-refractivity contribution in [3.05, 3.63) is 29.3 Å². The van der Waals surface area contributed by atoms with E-state index in [1.165, 1.54) is 4.90 Å². The molecule has 0 aromatic heterocycles. The molecule has 1 atom stereocenters. The van der Waals surface area contributed by atoms with Crippen molar-refractivity contribution in [1.29, 1.82) is 0 Å². The Hall–Kier alpha value is -1.69. The number of ether oxygens (including phenoxy) is 1. The van der Waals surface area contributed by atoms with E-state index < -0.39 is 28.9 Å². The summed E-state index contributed by atoms with van der Waals surface area (Å²) in [6, 6.07) is 1.75. The van der Waals surface area contributed by atoms with Crippen molar-refractivity contribution < 1.29 is 23.4 Å². The maximum absolute atomic E-state index is 13.6. The predicted octanol–water partition coefficient (Wildman–Crippen LogP) is 1.53. The number of hydrogen-bond donors (Lipinski definition) is 1. The molecule has 1 aliphatic heterocycles. The molecule has 0 radical (unpaired) electrons. The van der Waals surface area contributed by atoms with Gasteiger partial charge in [-0.2, -0.15) is 0 Å². The number of halogens is 2. The summed E-state index contributed by atoms with van der Waals surface area (Å²) in [6.07, 6.45) is -0.175. The first kappa shape index (κ1) is 12.8. The summed E-state index contributed by atoms with van der Waals surface area (Å²) >= 11 is 0. The van der Waals surface area contributed by atoms with Crippen LogP contribution in [0.1, 0.15) is 17.3 Å². The molecule has 2 rings (SSSR count). The molecule has 1 aromatic rings. The highest BCUT2D eigenvalue weighted by Gasteiger charge is 2.28. The fourth-order valence-corrected chi connectivity index (χ4v) is 1.90. The van der Waals surface area contributed by atoms with Crippen LogP contribution in [-0.2, 0) is 4.74 Å². The highest BCUT2D eigenvalue weighted by molar-refractivity contribution is 5.95. The van der Waals surface area contributed by atoms with Gasteiger partial charge in [0.25, 0.3) is 5.91 Å². The van der Waals surface area contributed by atoms with E-state index in [0.717, 1.165) is 12.1 Å². The molecule has 6 heteroatoms. The Bertz CT molecular complexity index is 479. The molecule has 1 amide bonds. The lowest BCUT2D eigenvalue weighted by atomic mass is 10.1. The minimum absolute atomic E-state index is 0.175. The number of aromatic hydroxyl groups is 1. The zero-order valence-corrected chi connectivity index (χ0v) is 9.82. The van der Waals surface area contributed by atoms with Crippen molar-refractivity contribution in [2.75, 3.05) is 19.7 Å². The van der Waals surface area contributed by atoms with Crippen LogP contribution in [0.25, 0.3) is 0 Å². The number of benzene rings is 1. The van der Waals surface area contributed by atoms with Gasteiger partial charge in [0.2, 0.25) is 0 Å². The number of rotatable bonds is 1. The van der Waals surface area contributed by atoms with Crippen molar-refractivity contribution >= 4 is 5.91 Å². The van der Waals surface area contributed by atoms with E-state index in [1.807, 2.05) is 0 Å². The van der Waals surface area contributed by atoms with Gasteiger partial charge in [0.15, 0.2) is 11.6 Å². The van der Waals surface area contributed by atoms with Gasteiger partial charge in [0.05, 0.1) is 12.7 Å². The van der Waals surface area contributed by atoms with E-state index in [0.29, 0.717) is 6.61 Å². The largest absolute Gasteiger partial charge is 0.505 e. The molecule has 18 heavy (non-hydrogen) atoms. The minimum Gasteiger partial charge on any atom is -0.505 e. The Morgan fingerprint density at radius 3 is 2.89 bits per heavy atom. The smallest absolute Gasteiger partial charge is 0.260 e. The fraction of sp³-hybridized carbons (Fsp3) is 0.417. The number of carbonyl (C=O) groups is 1. The van der Waals surface area contributed by atoms with Crippen LogP contribution < -0.4 is 0 Å². The molecule has 1 saturated heterocycles. The van der Waals surface area contributed by atoms with Crippen LogP contribution in [0.2, 0.25) is 0 Å². The Balaban J connectivity index is 2.31. The summed E-state index contributed by atoms with van der Waals surface area (Å²) in [5, 5.41) is 9.19. The van der Waals surface area contributed by atoms with E-state index in [2.05, 4.69) is 0 Å². The van der Waals surface area contributed by atoms with E-state index in [-0.39, 0.29) is 19.2 Å². The van der Waals surface area contributed by atoms with Crippen LogP contribution in [0.15, 0.2) is 12.1 Å². The highest BCUT2D eigenvalue weighted by atomic mass is 19.1. The van der Waals surface area contributed by atoms with Crippen molar-refractivity contribution in [2.45, 2.75) is 13.0 Å². The average molecular weight is 257 g/mol. The van der Waals surface area contributed by atoms with E-state index >= 15 is 0 Å². The monoisotopic (exact) mass is 257 g/mol. The summed E-state index contributed by atoms with van der Waals surface area (Å²) in [5.74, 6) is -3.70. The quantitative estimate of drug-likeness (QED) is 0.830. The Kier molecular flexibility index (Phi) is 3.47. The van der Waals surface area contributed by atoms with Crippen LogP contribution >= 0.6 is 0 Å². The molecule has 0 bridgehead atoms. The lowest BCUT2D eigenvalue weighted by molar-refractivity contribution is -0.0127. The second-order valence-electron chi connectivity index (χ2n) is 4.19. The Morgan fingerprint density at radius 2 is 2.22 bits per heavy atom. The Labute approximate surface area is 103 Å². The molecule has 0 saturated carbocycles. The van der Waals surface area contributed by atoms with Gasteiger partial charge in [-0.3, -0.25) is 4.79 Å². The molecular formula is C12H13F2NO3. The second kappa shape index (κ2) is 4.89. The van der Waals surface area contributed by atoms with E-state index in [1.54, 1.807) is 6.92 Å². The first-order chi connectivity index (χ1) is 8.50. The maximum atomic E-state index is 13.6. The van der Waals surface area contributed by atoms with Gasteiger partial charge in [-0.15, -0.1) is 0 Å². The highest BCUT2D eigenvalue weighted by Crippen LogP contribution is 2.23. The molecule has 1 heterocycles. The minimum atomic E-state index is -1.22. The lowest BCUT2D eigenvalue weighted by Crippen LogP contribution is -2.45. The summed E-state index contributed by atoms with van der Waals surface area (Å²) in [5.41, 5.74) is -0.718. The molecule has 1 aromatic carbocycles. The van der Waals surface area contributed by atoms with Gasteiger partial charge in [-0.05, 0) is 19.1 Å². The standard InChI is InChI=1S/C12H13F2NO3/c1-7-6-15(4-5-18-7)12(17)10-8(13)2-3-9(16)11(10)14/h2-3,7,16H,4-6H2,1H3. The molecule has 1 fully saturated rings. The van der Waals surface area contributed by atoms with Gasteiger partial charge in [-0.1, -0.05) is 0 Å². The van der Waals surface area contributed by atoms with Gasteiger partial charge in [0, 0.05) is 13.1 Å². The van der Waals surface area contributed by atoms with E-state index in [9.17, 15) is 18.7 Å². The number of amides is 1. The number of carbonyl (C=O) groups excluding carboxylic acids is 1. The van der Waals surface area contributed by atoms with Crippen LogP contribution in [0.5, 0.6) is 5.75 Å². The number of hydrogen-bond acceptors (Lipinski definition) is 3. The van der Waals surface area contributed by atoms with Gasteiger partial charge < -0.3 is 14.7 Å². The third-order valence-corrected chi connectivity index (χ3v) is 2.81.